The van der Waals surface area contributed by atoms with Crippen LogP contribution in [0.1, 0.15) is 66.9 Å². The van der Waals surface area contributed by atoms with Gasteiger partial charge >= 0.3 is 0 Å². The molecule has 3 atom stereocenters. The predicted octanol–water partition coefficient (Wildman–Crippen LogP) is 4.69. The minimum absolute atomic E-state index is 0.0968. The Bertz CT molecular complexity index is 1550. The van der Waals surface area contributed by atoms with Gasteiger partial charge in [-0.15, -0.1) is 11.3 Å². The van der Waals surface area contributed by atoms with Crippen LogP contribution in [0, 0.1) is 17.2 Å². The minimum atomic E-state index is -0.0968. The number of fused-ring (bicyclic) bond motifs is 4. The van der Waals surface area contributed by atoms with E-state index in [1.165, 1.54) is 48.3 Å². The van der Waals surface area contributed by atoms with E-state index < -0.39 is 0 Å². The van der Waals surface area contributed by atoms with Gasteiger partial charge in [0.2, 0.25) is 11.8 Å². The zero-order chi connectivity index (χ0) is 25.6. The Morgan fingerprint density at radius 1 is 1.16 bits per heavy atom. The number of nitrogens with zero attached hydrogens (tertiary/aromatic N) is 4. The standard InChI is InChI=1S/C30H29N5O2S/c31-13-17-8-23(21-4-7-32-25-11-20(38-29(21)25)16-35-26(36)2-3-27(35)37)28-24(9-17)22-10-18(22)15-34(28)19-12-30(33-14-19)5-1-6-30/h4,7-9,11,18-19,22,33H,1-3,5-6,10,12,14-16H2/t18-,19?,22-/m1/s1. The topological polar surface area (TPSA) is 89.3 Å². The summed E-state index contributed by atoms with van der Waals surface area (Å²) in [6, 6.07) is 11.2. The molecule has 2 saturated carbocycles. The van der Waals surface area contributed by atoms with E-state index in [0.717, 1.165) is 39.3 Å². The number of imide groups is 1. The first kappa shape index (κ1) is 22.7. The molecular formula is C30H29N5O2S. The second-order valence-corrected chi connectivity index (χ2v) is 13.0. The van der Waals surface area contributed by atoms with Gasteiger partial charge in [0.1, 0.15) is 0 Å². The number of thiophene rings is 1. The molecule has 1 spiro atoms. The van der Waals surface area contributed by atoms with Crippen LogP contribution in [0.4, 0.5) is 5.69 Å². The molecule has 4 fully saturated rings. The molecule has 2 amide bonds. The van der Waals surface area contributed by atoms with Crippen molar-refractivity contribution in [2.24, 2.45) is 5.92 Å². The number of nitriles is 1. The number of pyridine rings is 1. The Balaban J connectivity index is 1.25. The fourth-order valence-electron chi connectivity index (χ4n) is 7.40. The van der Waals surface area contributed by atoms with E-state index in [1.807, 2.05) is 12.3 Å². The maximum Gasteiger partial charge on any atom is 0.230 e. The number of hydrogen-bond donors (Lipinski definition) is 1. The maximum atomic E-state index is 12.2. The van der Waals surface area contributed by atoms with Gasteiger partial charge in [-0.2, -0.15) is 5.26 Å². The van der Waals surface area contributed by atoms with Crippen LogP contribution in [0.15, 0.2) is 30.5 Å². The Hall–Kier alpha value is -3.28. The van der Waals surface area contributed by atoms with Gasteiger partial charge in [0.25, 0.3) is 0 Å². The van der Waals surface area contributed by atoms with E-state index in [4.69, 9.17) is 0 Å². The summed E-state index contributed by atoms with van der Waals surface area (Å²) in [7, 11) is 0. The van der Waals surface area contributed by atoms with Crippen molar-refractivity contribution in [1.82, 2.24) is 15.2 Å². The Morgan fingerprint density at radius 3 is 2.74 bits per heavy atom. The number of amides is 2. The van der Waals surface area contributed by atoms with Crippen LogP contribution in [-0.4, -0.2) is 46.4 Å². The number of nitrogens with one attached hydrogen (secondary N) is 1. The number of carbonyl (C=O) groups is 2. The molecule has 8 rings (SSSR count). The molecule has 2 aromatic heterocycles. The molecule has 1 unspecified atom stereocenters. The molecule has 0 radical (unpaired) electrons. The molecule has 7 nitrogen and oxygen atoms in total. The van der Waals surface area contributed by atoms with Crippen molar-refractivity contribution >= 4 is 39.1 Å². The number of anilines is 1. The molecule has 5 aliphatic rings. The second-order valence-electron chi connectivity index (χ2n) is 11.9. The van der Waals surface area contributed by atoms with E-state index in [1.54, 1.807) is 11.3 Å². The van der Waals surface area contributed by atoms with Crippen LogP contribution < -0.4 is 10.2 Å². The average Bonchev–Trinajstić information content (AvgIpc) is 3.20. The van der Waals surface area contributed by atoms with Gasteiger partial charge < -0.3 is 10.2 Å². The zero-order valence-electron chi connectivity index (χ0n) is 21.2. The third-order valence-electron chi connectivity index (χ3n) is 9.62. The number of aromatic nitrogens is 1. The number of hydrogen-bond acceptors (Lipinski definition) is 7. The van der Waals surface area contributed by atoms with Crippen molar-refractivity contribution in [1.29, 1.82) is 5.26 Å². The lowest BCUT2D eigenvalue weighted by molar-refractivity contribution is -0.138. The van der Waals surface area contributed by atoms with Gasteiger partial charge in [-0.05, 0) is 73.8 Å². The van der Waals surface area contributed by atoms with Crippen LogP contribution in [0.25, 0.3) is 21.3 Å². The predicted molar refractivity (Wildman–Crippen MR) is 146 cm³/mol. The highest BCUT2D eigenvalue weighted by molar-refractivity contribution is 7.19. The highest BCUT2D eigenvalue weighted by Gasteiger charge is 2.51. The molecule has 1 N–H and O–H groups in total. The zero-order valence-corrected chi connectivity index (χ0v) is 22.0. The average molecular weight is 524 g/mol. The van der Waals surface area contributed by atoms with Crippen molar-refractivity contribution in [2.75, 3.05) is 18.0 Å². The number of benzene rings is 1. The van der Waals surface area contributed by atoms with Gasteiger partial charge in [-0.3, -0.25) is 19.5 Å². The molecule has 38 heavy (non-hydrogen) atoms. The van der Waals surface area contributed by atoms with Crippen molar-refractivity contribution in [2.45, 2.75) is 69.0 Å². The molecule has 2 aliphatic carbocycles. The second kappa shape index (κ2) is 8.11. The monoisotopic (exact) mass is 523 g/mol. The minimum Gasteiger partial charge on any atom is -0.366 e. The summed E-state index contributed by atoms with van der Waals surface area (Å²) in [5.41, 5.74) is 6.76. The first-order chi connectivity index (χ1) is 18.5. The summed E-state index contributed by atoms with van der Waals surface area (Å²) in [6.07, 6.45) is 8.72. The molecular weight excluding hydrogens is 494 g/mol. The number of carbonyl (C=O) groups excluding carboxylic acids is 2. The lowest BCUT2D eigenvalue weighted by Gasteiger charge is -2.41. The Kier molecular flexibility index (Phi) is 4.84. The van der Waals surface area contributed by atoms with Crippen LogP contribution in [-0.2, 0) is 16.1 Å². The van der Waals surface area contributed by atoms with E-state index in [0.29, 0.717) is 48.4 Å². The van der Waals surface area contributed by atoms with Crippen LogP contribution in [0.3, 0.4) is 0 Å². The van der Waals surface area contributed by atoms with Gasteiger partial charge in [-0.1, -0.05) is 0 Å². The molecule has 5 heterocycles. The van der Waals surface area contributed by atoms with E-state index >= 15 is 0 Å². The van der Waals surface area contributed by atoms with Crippen molar-refractivity contribution in [3.63, 3.8) is 0 Å². The van der Waals surface area contributed by atoms with Crippen molar-refractivity contribution in [3.05, 3.63) is 46.5 Å². The van der Waals surface area contributed by atoms with Crippen LogP contribution >= 0.6 is 11.3 Å². The number of likely N-dealkylation sites (tertiary alicyclic amines) is 1. The van der Waals surface area contributed by atoms with Crippen LogP contribution in [0.5, 0.6) is 0 Å². The molecule has 1 aromatic carbocycles. The molecule has 3 aliphatic heterocycles. The lowest BCUT2D eigenvalue weighted by atomic mass is 9.75. The van der Waals surface area contributed by atoms with E-state index in [9.17, 15) is 14.9 Å². The Labute approximate surface area is 225 Å². The Morgan fingerprint density at radius 2 is 2.00 bits per heavy atom. The molecule has 0 bridgehead atoms. The third-order valence-corrected chi connectivity index (χ3v) is 10.8. The molecule has 3 aromatic rings. The first-order valence-electron chi connectivity index (χ1n) is 13.8. The van der Waals surface area contributed by atoms with Gasteiger partial charge in [0.15, 0.2) is 0 Å². The highest BCUT2D eigenvalue weighted by Crippen LogP contribution is 2.58. The SMILES string of the molecule is N#Cc1cc(-c2ccnc3cc(CN4C(=O)CCC4=O)sc23)c2c(c1)[C@@H]1C[C@@H]1CN2C1CNC2(CCC2)C1. The summed E-state index contributed by atoms with van der Waals surface area (Å²) in [5, 5.41) is 13.8. The molecule has 2 saturated heterocycles. The van der Waals surface area contributed by atoms with Crippen molar-refractivity contribution < 1.29 is 9.59 Å². The third kappa shape index (κ3) is 3.38. The van der Waals surface area contributed by atoms with Gasteiger partial charge in [0.05, 0.1) is 28.4 Å². The number of rotatable bonds is 4. The lowest BCUT2D eigenvalue weighted by Crippen LogP contribution is -2.46. The van der Waals surface area contributed by atoms with E-state index in [2.05, 4.69) is 39.5 Å². The fraction of sp³-hybridized carbons (Fsp3) is 0.467. The summed E-state index contributed by atoms with van der Waals surface area (Å²) in [6.45, 7) is 2.41. The fourth-order valence-corrected chi connectivity index (χ4v) is 8.53. The molecule has 192 valence electrons. The van der Waals surface area contributed by atoms with Gasteiger partial charge in [-0.25, -0.2) is 0 Å². The maximum absolute atomic E-state index is 12.2. The summed E-state index contributed by atoms with van der Waals surface area (Å²) < 4.78 is 1.05. The largest absolute Gasteiger partial charge is 0.366 e. The smallest absolute Gasteiger partial charge is 0.230 e. The molecule has 8 heteroatoms. The van der Waals surface area contributed by atoms with Crippen molar-refractivity contribution in [3.8, 4) is 17.2 Å². The summed E-state index contributed by atoms with van der Waals surface area (Å²) >= 11 is 1.61. The quantitative estimate of drug-likeness (QED) is 0.499. The first-order valence-corrected chi connectivity index (χ1v) is 14.6. The summed E-state index contributed by atoms with van der Waals surface area (Å²) in [5.74, 6) is 1.04. The van der Waals surface area contributed by atoms with Crippen LogP contribution in [0.2, 0.25) is 0 Å². The normalized spacial score (nSPS) is 27.0. The van der Waals surface area contributed by atoms with Gasteiger partial charge in [0, 0.05) is 65.4 Å². The summed E-state index contributed by atoms with van der Waals surface area (Å²) in [4.78, 5) is 34.1. The van der Waals surface area contributed by atoms with E-state index in [-0.39, 0.29) is 11.8 Å². The highest BCUT2D eigenvalue weighted by atomic mass is 32.1.